The number of carbonyl (C=O) groups is 1. The smallest absolute Gasteiger partial charge is 0.254 e. The molecule has 128 valence electrons. The van der Waals surface area contributed by atoms with Crippen LogP contribution in [0.2, 0.25) is 0 Å². The second kappa shape index (κ2) is 6.20. The van der Waals surface area contributed by atoms with Crippen molar-refractivity contribution in [3.63, 3.8) is 0 Å². The first kappa shape index (κ1) is 15.6. The molecule has 1 saturated heterocycles. The van der Waals surface area contributed by atoms with Crippen molar-refractivity contribution in [3.8, 4) is 11.4 Å². The Labute approximate surface area is 146 Å². The van der Waals surface area contributed by atoms with Crippen LogP contribution in [-0.4, -0.2) is 32.1 Å². The van der Waals surface area contributed by atoms with Crippen molar-refractivity contribution >= 4 is 5.91 Å². The second-order valence-electron chi connectivity index (χ2n) is 6.47. The normalized spacial score (nSPS) is 17.2. The quantitative estimate of drug-likeness (QED) is 0.736. The molecule has 0 radical (unpaired) electrons. The molecule has 0 bridgehead atoms. The van der Waals surface area contributed by atoms with Crippen molar-refractivity contribution in [2.45, 2.75) is 25.8 Å². The first-order valence-electron chi connectivity index (χ1n) is 8.45. The molecular formula is C19H20N4O2. The molecular weight excluding hydrogens is 316 g/mol. The largest absolute Gasteiger partial charge is 0.359 e. The van der Waals surface area contributed by atoms with Gasteiger partial charge >= 0.3 is 0 Å². The Morgan fingerprint density at radius 1 is 1.32 bits per heavy atom. The molecule has 3 heterocycles. The van der Waals surface area contributed by atoms with Crippen LogP contribution in [-0.2, 0) is 7.05 Å². The maximum atomic E-state index is 13.1. The van der Waals surface area contributed by atoms with Crippen molar-refractivity contribution in [2.24, 2.45) is 7.05 Å². The molecule has 1 aliphatic rings. The van der Waals surface area contributed by atoms with Crippen LogP contribution < -0.4 is 0 Å². The summed E-state index contributed by atoms with van der Waals surface area (Å²) in [7, 11) is 1.94. The van der Waals surface area contributed by atoms with Gasteiger partial charge < -0.3 is 14.0 Å². The van der Waals surface area contributed by atoms with Crippen LogP contribution >= 0.6 is 0 Å². The van der Waals surface area contributed by atoms with E-state index in [0.29, 0.717) is 5.56 Å². The lowest BCUT2D eigenvalue weighted by Gasteiger charge is -2.23. The monoisotopic (exact) mass is 336 g/mol. The highest BCUT2D eigenvalue weighted by Gasteiger charge is 2.33. The van der Waals surface area contributed by atoms with Gasteiger partial charge in [0.15, 0.2) is 5.76 Å². The number of aryl methyl sites for hydroxylation is 2. The molecule has 4 rings (SSSR count). The lowest BCUT2D eigenvalue weighted by Crippen LogP contribution is -2.30. The number of carbonyl (C=O) groups excluding carboxylic acids is 1. The average molecular weight is 336 g/mol. The summed E-state index contributed by atoms with van der Waals surface area (Å²) < 4.78 is 7.35. The average Bonchev–Trinajstić information content (AvgIpc) is 3.34. The van der Waals surface area contributed by atoms with E-state index in [1.165, 1.54) is 0 Å². The molecule has 1 aliphatic heterocycles. The van der Waals surface area contributed by atoms with E-state index in [9.17, 15) is 4.79 Å². The summed E-state index contributed by atoms with van der Waals surface area (Å²) in [4.78, 5) is 19.3. The van der Waals surface area contributed by atoms with E-state index in [4.69, 9.17) is 4.52 Å². The van der Waals surface area contributed by atoms with Crippen LogP contribution in [0.4, 0.5) is 0 Å². The standard InChI is InChI=1S/C19H20N4O2/c1-13-11-17(25-21-13)16-7-4-9-23(16)19(24)15-6-3-5-14(12-15)18-20-8-10-22(18)2/h3,5-6,8,10-12,16H,4,7,9H2,1-2H3/t16-/m0/s1. The van der Waals surface area contributed by atoms with Gasteiger partial charge in [-0.3, -0.25) is 4.79 Å². The predicted molar refractivity (Wildman–Crippen MR) is 92.9 cm³/mol. The van der Waals surface area contributed by atoms with E-state index in [-0.39, 0.29) is 11.9 Å². The molecule has 1 amide bonds. The maximum Gasteiger partial charge on any atom is 0.254 e. The van der Waals surface area contributed by atoms with Gasteiger partial charge in [-0.15, -0.1) is 0 Å². The first-order chi connectivity index (χ1) is 12.1. The van der Waals surface area contributed by atoms with E-state index in [1.54, 1.807) is 6.20 Å². The summed E-state index contributed by atoms with van der Waals surface area (Å²) in [5, 5.41) is 3.96. The third-order valence-electron chi connectivity index (χ3n) is 4.68. The molecule has 25 heavy (non-hydrogen) atoms. The molecule has 0 saturated carbocycles. The van der Waals surface area contributed by atoms with Crippen molar-refractivity contribution in [3.05, 3.63) is 59.7 Å². The number of hydrogen-bond acceptors (Lipinski definition) is 4. The van der Waals surface area contributed by atoms with Crippen molar-refractivity contribution in [1.82, 2.24) is 19.6 Å². The molecule has 1 fully saturated rings. The Bertz CT molecular complexity index is 912. The third-order valence-corrected chi connectivity index (χ3v) is 4.68. The van der Waals surface area contributed by atoms with Gasteiger partial charge in [-0.25, -0.2) is 4.98 Å². The van der Waals surface area contributed by atoms with E-state index in [1.807, 2.05) is 60.0 Å². The Kier molecular flexibility index (Phi) is 3.87. The number of aromatic nitrogens is 3. The highest BCUT2D eigenvalue weighted by atomic mass is 16.5. The van der Waals surface area contributed by atoms with Gasteiger partial charge in [0.1, 0.15) is 5.82 Å². The molecule has 0 aliphatic carbocycles. The van der Waals surface area contributed by atoms with Gasteiger partial charge in [0.25, 0.3) is 5.91 Å². The lowest BCUT2D eigenvalue weighted by molar-refractivity contribution is 0.0714. The minimum atomic E-state index is -0.0366. The zero-order valence-electron chi connectivity index (χ0n) is 14.3. The topological polar surface area (TPSA) is 64.2 Å². The van der Waals surface area contributed by atoms with Gasteiger partial charge in [-0.2, -0.15) is 0 Å². The van der Waals surface area contributed by atoms with E-state index in [0.717, 1.165) is 42.2 Å². The fourth-order valence-corrected chi connectivity index (χ4v) is 3.45. The molecule has 1 atom stereocenters. The summed E-state index contributed by atoms with van der Waals surface area (Å²) in [5.41, 5.74) is 2.44. The van der Waals surface area contributed by atoms with E-state index >= 15 is 0 Å². The fourth-order valence-electron chi connectivity index (χ4n) is 3.45. The zero-order valence-corrected chi connectivity index (χ0v) is 14.3. The molecule has 0 unspecified atom stereocenters. The molecule has 6 nitrogen and oxygen atoms in total. The Morgan fingerprint density at radius 3 is 2.92 bits per heavy atom. The van der Waals surface area contributed by atoms with Crippen molar-refractivity contribution in [1.29, 1.82) is 0 Å². The number of benzene rings is 1. The van der Waals surface area contributed by atoms with Gasteiger partial charge in [-0.05, 0) is 31.9 Å². The fraction of sp³-hybridized carbons (Fsp3) is 0.316. The SMILES string of the molecule is Cc1cc([C@@H]2CCCN2C(=O)c2cccc(-c3nccn3C)c2)on1. The van der Waals surface area contributed by atoms with Crippen LogP contribution in [0.3, 0.4) is 0 Å². The number of amides is 1. The highest BCUT2D eigenvalue weighted by Crippen LogP contribution is 2.33. The van der Waals surface area contributed by atoms with E-state index < -0.39 is 0 Å². The van der Waals surface area contributed by atoms with Crippen LogP contribution in [0.1, 0.15) is 40.7 Å². The second-order valence-corrected chi connectivity index (χ2v) is 6.47. The number of rotatable bonds is 3. The summed E-state index contributed by atoms with van der Waals surface area (Å²) in [6, 6.07) is 9.52. The van der Waals surface area contributed by atoms with Crippen LogP contribution in [0.5, 0.6) is 0 Å². The zero-order chi connectivity index (χ0) is 17.4. The summed E-state index contributed by atoms with van der Waals surface area (Å²) >= 11 is 0. The number of imidazole rings is 1. The first-order valence-corrected chi connectivity index (χ1v) is 8.45. The molecule has 0 spiro atoms. The Hall–Kier alpha value is -2.89. The van der Waals surface area contributed by atoms with Gasteiger partial charge in [-0.1, -0.05) is 17.3 Å². The lowest BCUT2D eigenvalue weighted by atomic mass is 10.1. The molecule has 2 aromatic heterocycles. The highest BCUT2D eigenvalue weighted by molar-refractivity contribution is 5.95. The number of likely N-dealkylation sites (tertiary alicyclic amines) is 1. The van der Waals surface area contributed by atoms with Gasteiger partial charge in [0.2, 0.25) is 0 Å². The van der Waals surface area contributed by atoms with Crippen molar-refractivity contribution < 1.29 is 9.32 Å². The minimum absolute atomic E-state index is 0.0209. The van der Waals surface area contributed by atoms with Crippen LogP contribution in [0.15, 0.2) is 47.2 Å². The molecule has 3 aromatic rings. The summed E-state index contributed by atoms with van der Waals surface area (Å²) in [6.45, 7) is 2.63. The Morgan fingerprint density at radius 2 is 2.20 bits per heavy atom. The molecule has 0 N–H and O–H groups in total. The number of hydrogen-bond donors (Lipinski definition) is 0. The van der Waals surface area contributed by atoms with Crippen molar-refractivity contribution in [2.75, 3.05) is 6.54 Å². The molecule has 6 heteroatoms. The third kappa shape index (κ3) is 2.84. The molecule has 1 aromatic carbocycles. The minimum Gasteiger partial charge on any atom is -0.359 e. The van der Waals surface area contributed by atoms with E-state index in [2.05, 4.69) is 10.1 Å². The van der Waals surface area contributed by atoms with Gasteiger partial charge in [0.05, 0.1) is 11.7 Å². The predicted octanol–water partition coefficient (Wildman–Crippen LogP) is 3.36. The number of nitrogens with zero attached hydrogens (tertiary/aromatic N) is 4. The maximum absolute atomic E-state index is 13.1. The summed E-state index contributed by atoms with van der Waals surface area (Å²) in [5.74, 6) is 1.63. The van der Waals surface area contributed by atoms with Crippen LogP contribution in [0.25, 0.3) is 11.4 Å². The summed E-state index contributed by atoms with van der Waals surface area (Å²) in [6.07, 6.45) is 5.52. The Balaban J connectivity index is 1.63. The van der Waals surface area contributed by atoms with Gasteiger partial charge in [0, 0.05) is 43.2 Å². The van der Waals surface area contributed by atoms with Crippen LogP contribution in [0, 0.1) is 6.92 Å².